The molecule has 0 unspecified atom stereocenters. The number of anilines is 5. The molecule has 9 aromatic carbocycles. The fourth-order valence-corrected chi connectivity index (χ4v) is 12.3. The summed E-state index contributed by atoms with van der Waals surface area (Å²) in [5, 5.41) is 4.71. The minimum Gasteiger partial charge on any atom is -0.456 e. The number of fused-ring (bicyclic) bond motifs is 12. The first-order valence-corrected chi connectivity index (χ1v) is 27.3. The van der Waals surface area contributed by atoms with E-state index in [9.17, 15) is 0 Å². The molecule has 0 spiro atoms. The van der Waals surface area contributed by atoms with Gasteiger partial charge in [-0.15, -0.1) is 0 Å². The molecule has 0 aliphatic carbocycles. The summed E-state index contributed by atoms with van der Waals surface area (Å²) in [4.78, 5) is 5.02. The largest absolute Gasteiger partial charge is 0.456 e. The van der Waals surface area contributed by atoms with Gasteiger partial charge < -0.3 is 28.2 Å². The molecule has 7 heteroatoms. The molecule has 0 fully saturated rings. The van der Waals surface area contributed by atoms with Crippen molar-refractivity contribution in [3.63, 3.8) is 0 Å². The SMILES string of the molecule is CC(C)(C)c1ccc(N(c2ccc(C(C)(C)C)cc2)c2cc3c4c(c2)-n2c5ccc(C(C)(C)C)cc5c5cc(C(C)(C)C)cc(c52)B4N(c2ccc4c(c2)oc2ccccc24)c2cc4c(cc2-3)Oc2ccccc2O4)cc1. The Bertz CT molecular complexity index is 4210. The zero-order valence-electron chi connectivity index (χ0n) is 46.3. The van der Waals surface area contributed by atoms with Crippen LogP contribution >= 0.6 is 0 Å². The van der Waals surface area contributed by atoms with E-state index in [0.29, 0.717) is 23.0 Å². The number of para-hydroxylation sites is 3. The van der Waals surface area contributed by atoms with Crippen molar-refractivity contribution in [2.45, 2.75) is 105 Å². The van der Waals surface area contributed by atoms with E-state index in [0.717, 1.165) is 67.2 Å². The van der Waals surface area contributed by atoms with Gasteiger partial charge in [0.05, 0.1) is 11.0 Å². The van der Waals surface area contributed by atoms with Gasteiger partial charge in [-0.1, -0.05) is 150 Å². The van der Waals surface area contributed by atoms with Crippen LogP contribution in [0.1, 0.15) is 105 Å². The van der Waals surface area contributed by atoms with Crippen molar-refractivity contribution in [2.75, 3.05) is 9.71 Å². The molecule has 3 aliphatic heterocycles. The summed E-state index contributed by atoms with van der Waals surface area (Å²) in [6, 6.07) is 63.1. The maximum absolute atomic E-state index is 6.85. The van der Waals surface area contributed by atoms with Gasteiger partial charge in [0.1, 0.15) is 11.2 Å². The number of nitrogens with zero attached hydrogens (tertiary/aromatic N) is 3. The molecular weight excluding hydrogens is 942 g/mol. The maximum atomic E-state index is 6.85. The highest BCUT2D eigenvalue weighted by atomic mass is 16.6. The van der Waals surface area contributed by atoms with Crippen LogP contribution in [0.2, 0.25) is 0 Å². The van der Waals surface area contributed by atoms with Crippen LogP contribution in [0.25, 0.3) is 60.6 Å². The van der Waals surface area contributed by atoms with Crippen LogP contribution in [0.4, 0.5) is 28.4 Å². The molecule has 0 amide bonds. The Kier molecular flexibility index (Phi) is 9.95. The lowest BCUT2D eigenvalue weighted by atomic mass is 9.43. The summed E-state index contributed by atoms with van der Waals surface area (Å²) in [7, 11) is 0. The molecule has 0 saturated heterocycles. The minimum absolute atomic E-state index is 0.00731. The van der Waals surface area contributed by atoms with E-state index in [-0.39, 0.29) is 28.5 Å². The predicted octanol–water partition coefficient (Wildman–Crippen LogP) is 18.5. The number of hydrogen-bond donors (Lipinski definition) is 0. The molecule has 0 atom stereocenters. The van der Waals surface area contributed by atoms with Crippen LogP contribution in [0.5, 0.6) is 23.0 Å². The van der Waals surface area contributed by atoms with Crippen molar-refractivity contribution in [3.05, 3.63) is 192 Å². The second kappa shape index (κ2) is 16.2. The number of aromatic nitrogens is 1. The Labute approximate surface area is 452 Å². The zero-order chi connectivity index (χ0) is 53.2. The van der Waals surface area contributed by atoms with Crippen LogP contribution in [0, 0.1) is 0 Å². The van der Waals surface area contributed by atoms with E-state index in [4.69, 9.17) is 13.9 Å². The van der Waals surface area contributed by atoms with Gasteiger partial charge in [0.2, 0.25) is 0 Å². The van der Waals surface area contributed by atoms with Crippen LogP contribution in [-0.2, 0) is 21.7 Å². The first kappa shape index (κ1) is 47.3. The van der Waals surface area contributed by atoms with Crippen LogP contribution in [-0.4, -0.2) is 11.4 Å². The Balaban J connectivity index is 1.13. The fraction of sp³-hybridized carbons (Fsp3) is 0.229. The van der Waals surface area contributed by atoms with Gasteiger partial charge in [-0.3, -0.25) is 0 Å². The van der Waals surface area contributed by atoms with E-state index in [2.05, 4.69) is 237 Å². The molecule has 3 aliphatic rings. The van der Waals surface area contributed by atoms with E-state index in [1.165, 1.54) is 55.0 Å². The average Bonchev–Trinajstić information content (AvgIpc) is 4.17. The highest BCUT2D eigenvalue weighted by Crippen LogP contribution is 2.54. The van der Waals surface area contributed by atoms with Gasteiger partial charge in [-0.05, 0) is 151 Å². The Hall–Kier alpha value is -8.16. The molecule has 0 N–H and O–H groups in total. The average molecular weight is 1010 g/mol. The van der Waals surface area contributed by atoms with E-state index < -0.39 is 0 Å². The Morgan fingerprint density at radius 3 is 1.61 bits per heavy atom. The lowest BCUT2D eigenvalue weighted by Crippen LogP contribution is -2.60. The van der Waals surface area contributed by atoms with E-state index in [1.807, 2.05) is 30.3 Å². The zero-order valence-corrected chi connectivity index (χ0v) is 46.3. The monoisotopic (exact) mass is 1010 g/mol. The number of furan rings is 1. The number of hydrogen-bond acceptors (Lipinski definition) is 5. The molecule has 380 valence electrons. The fourth-order valence-electron chi connectivity index (χ4n) is 12.3. The number of rotatable bonds is 4. The summed E-state index contributed by atoms with van der Waals surface area (Å²) >= 11 is 0. The van der Waals surface area contributed by atoms with Gasteiger partial charge in [0, 0.05) is 73.4 Å². The molecule has 6 nitrogen and oxygen atoms in total. The van der Waals surface area contributed by atoms with Gasteiger partial charge in [0.25, 0.3) is 0 Å². The van der Waals surface area contributed by atoms with Crippen molar-refractivity contribution in [1.82, 2.24) is 4.57 Å². The third-order valence-corrected chi connectivity index (χ3v) is 16.6. The van der Waals surface area contributed by atoms with Crippen molar-refractivity contribution < 1.29 is 13.9 Å². The summed E-state index contributed by atoms with van der Waals surface area (Å²) in [6.07, 6.45) is 0. The van der Waals surface area contributed by atoms with Crippen molar-refractivity contribution in [2.24, 2.45) is 0 Å². The first-order valence-electron chi connectivity index (χ1n) is 27.3. The topological polar surface area (TPSA) is 43.0 Å². The van der Waals surface area contributed by atoms with E-state index in [1.54, 1.807) is 0 Å². The number of benzene rings is 9. The van der Waals surface area contributed by atoms with Gasteiger partial charge >= 0.3 is 6.85 Å². The second-order valence-electron chi connectivity index (χ2n) is 25.9. The summed E-state index contributed by atoms with van der Waals surface area (Å²) < 4.78 is 23.0. The summed E-state index contributed by atoms with van der Waals surface area (Å²) in [5.74, 6) is 2.73. The molecule has 2 aromatic heterocycles. The van der Waals surface area contributed by atoms with Gasteiger partial charge in [-0.25, -0.2) is 0 Å². The molecular formula is C70H64BN3O3. The Morgan fingerprint density at radius 2 is 0.974 bits per heavy atom. The quantitative estimate of drug-likeness (QED) is 0.164. The van der Waals surface area contributed by atoms with Crippen molar-refractivity contribution >= 4 is 90.0 Å². The van der Waals surface area contributed by atoms with Crippen molar-refractivity contribution in [3.8, 4) is 39.8 Å². The second-order valence-corrected chi connectivity index (χ2v) is 25.9. The first-order chi connectivity index (χ1) is 36.7. The molecule has 11 aromatic rings. The lowest BCUT2D eigenvalue weighted by molar-refractivity contribution is 0.360. The molecule has 14 rings (SSSR count). The van der Waals surface area contributed by atoms with Crippen molar-refractivity contribution in [1.29, 1.82) is 0 Å². The van der Waals surface area contributed by atoms with Gasteiger partial charge in [-0.2, -0.15) is 0 Å². The minimum atomic E-state index is -0.271. The maximum Gasteiger partial charge on any atom is 0.333 e. The highest BCUT2D eigenvalue weighted by Gasteiger charge is 2.46. The smallest absolute Gasteiger partial charge is 0.333 e. The molecule has 5 heterocycles. The molecule has 77 heavy (non-hydrogen) atoms. The predicted molar refractivity (Wildman–Crippen MR) is 323 cm³/mol. The molecule has 0 saturated carbocycles. The lowest BCUT2D eigenvalue weighted by Gasteiger charge is -2.43. The number of ether oxygens (including phenoxy) is 2. The highest BCUT2D eigenvalue weighted by molar-refractivity contribution is 6.93. The molecule has 0 bridgehead atoms. The van der Waals surface area contributed by atoms with Crippen LogP contribution in [0.3, 0.4) is 0 Å². The summed E-state index contributed by atoms with van der Waals surface area (Å²) in [5.41, 5.74) is 20.2. The molecule has 0 radical (unpaired) electrons. The Morgan fingerprint density at radius 1 is 0.403 bits per heavy atom. The van der Waals surface area contributed by atoms with Crippen LogP contribution < -0.4 is 30.1 Å². The van der Waals surface area contributed by atoms with Crippen LogP contribution in [0.15, 0.2) is 174 Å². The standard InChI is InChI=1S/C70H64BN3O3/c1-67(2,3)41-21-26-45(27-22-41)72(46-28-23-42(24-29-46)68(4,5)6)48-36-53-52-39-63-64(77-61-20-16-15-19-60(61)76-63)40-57(52)74(47-30-31-50-49-17-13-14-18-59(49)75-62(50)38-47)71-55-35-44(70(10,11)12)34-54-51-33-43(69(7,8)9)25-32-56(51)73(66(54)55)58(37-48)65(53)71/h13-40H,1-12H3. The normalized spacial score (nSPS) is 13.9. The van der Waals surface area contributed by atoms with E-state index >= 15 is 0 Å². The third-order valence-electron chi connectivity index (χ3n) is 16.6. The third kappa shape index (κ3) is 7.37. The van der Waals surface area contributed by atoms with Gasteiger partial charge in [0.15, 0.2) is 23.0 Å². The summed E-state index contributed by atoms with van der Waals surface area (Å²) in [6.45, 7) is 27.4.